The van der Waals surface area contributed by atoms with E-state index in [-0.39, 0.29) is 5.92 Å². The zero-order valence-electron chi connectivity index (χ0n) is 9.60. The van der Waals surface area contributed by atoms with Gasteiger partial charge >= 0.3 is 0 Å². The Balaban J connectivity index is 2.26. The van der Waals surface area contributed by atoms with E-state index >= 15 is 0 Å². The van der Waals surface area contributed by atoms with Crippen LogP contribution < -0.4 is 0 Å². The molecule has 0 aromatic carbocycles. The maximum absolute atomic E-state index is 11.5. The fraction of sp³-hybridized carbons (Fsp3) is 0.700. The molecule has 0 aliphatic carbocycles. The number of nitrogens with zero attached hydrogens (tertiary/aromatic N) is 2. The lowest BCUT2D eigenvalue weighted by Gasteiger charge is -2.12. The number of likely N-dealkylation sites (N-methyl/N-ethyl adjacent to an activating group) is 1. The summed E-state index contributed by atoms with van der Waals surface area (Å²) >= 11 is 0. The number of nitrogens with one attached hydrogen (secondary N) is 1. The molecule has 0 amide bonds. The van der Waals surface area contributed by atoms with Gasteiger partial charge < -0.3 is 4.90 Å². The highest BCUT2D eigenvalue weighted by Gasteiger charge is 2.28. The summed E-state index contributed by atoms with van der Waals surface area (Å²) < 4.78 is 23.1. The van der Waals surface area contributed by atoms with Crippen molar-refractivity contribution in [2.75, 3.05) is 25.9 Å². The molecule has 5 nitrogen and oxygen atoms in total. The van der Waals surface area contributed by atoms with Crippen LogP contribution in [0.1, 0.15) is 25.0 Å². The summed E-state index contributed by atoms with van der Waals surface area (Å²) in [6.07, 6.45) is 3.64. The van der Waals surface area contributed by atoms with E-state index in [1.54, 1.807) is 0 Å². The van der Waals surface area contributed by atoms with E-state index in [2.05, 4.69) is 22.0 Å². The van der Waals surface area contributed by atoms with Crippen molar-refractivity contribution in [1.82, 2.24) is 15.1 Å². The van der Waals surface area contributed by atoms with Crippen LogP contribution in [0.2, 0.25) is 0 Å². The van der Waals surface area contributed by atoms with Crippen molar-refractivity contribution in [3.63, 3.8) is 0 Å². The van der Waals surface area contributed by atoms with Crippen LogP contribution >= 0.6 is 0 Å². The predicted octanol–water partition coefficient (Wildman–Crippen LogP) is 0.622. The third-order valence-electron chi connectivity index (χ3n) is 3.16. The first-order valence-electron chi connectivity index (χ1n) is 5.48. The molecule has 0 radical (unpaired) electrons. The molecule has 1 saturated heterocycles. The van der Waals surface area contributed by atoms with Crippen LogP contribution in [-0.4, -0.2) is 49.4 Å². The fourth-order valence-electron chi connectivity index (χ4n) is 2.23. The van der Waals surface area contributed by atoms with Gasteiger partial charge in [0.15, 0.2) is 9.84 Å². The van der Waals surface area contributed by atoms with E-state index in [1.165, 1.54) is 12.5 Å². The van der Waals surface area contributed by atoms with E-state index in [4.69, 9.17) is 0 Å². The molecule has 0 unspecified atom stereocenters. The number of aromatic nitrogens is 2. The van der Waals surface area contributed by atoms with Crippen LogP contribution in [0.3, 0.4) is 0 Å². The Labute approximate surface area is 95.8 Å². The smallest absolute Gasteiger partial charge is 0.178 e. The van der Waals surface area contributed by atoms with Gasteiger partial charge in [0.1, 0.15) is 4.90 Å². The van der Waals surface area contributed by atoms with Gasteiger partial charge in [-0.05, 0) is 19.5 Å². The quantitative estimate of drug-likeness (QED) is 0.845. The number of hydrogen-bond donors (Lipinski definition) is 1. The molecule has 1 aromatic heterocycles. The minimum Gasteiger partial charge on any atom is -0.303 e. The zero-order valence-corrected chi connectivity index (χ0v) is 10.4. The SMILES string of the molecule is CCN1CC[C@H](c2[nH]ncc2S(C)(=O)=O)C1. The maximum Gasteiger partial charge on any atom is 0.178 e. The first-order chi connectivity index (χ1) is 7.52. The molecule has 0 saturated carbocycles. The molecule has 90 valence electrons. The summed E-state index contributed by atoms with van der Waals surface area (Å²) in [5.74, 6) is 0.271. The summed E-state index contributed by atoms with van der Waals surface area (Å²) in [5.41, 5.74) is 0.776. The van der Waals surface area contributed by atoms with Gasteiger partial charge in [0.2, 0.25) is 0 Å². The van der Waals surface area contributed by atoms with Crippen LogP contribution in [0.15, 0.2) is 11.1 Å². The first kappa shape index (κ1) is 11.6. The second-order valence-corrected chi connectivity index (χ2v) is 6.28. The van der Waals surface area contributed by atoms with Crippen LogP contribution in [0.4, 0.5) is 0 Å². The molecular formula is C10H17N3O2S. The van der Waals surface area contributed by atoms with E-state index < -0.39 is 9.84 Å². The Hall–Kier alpha value is -0.880. The van der Waals surface area contributed by atoms with Gasteiger partial charge in [0, 0.05) is 18.7 Å². The van der Waals surface area contributed by atoms with Crippen molar-refractivity contribution in [2.24, 2.45) is 0 Å². The molecule has 0 spiro atoms. The average molecular weight is 243 g/mol. The van der Waals surface area contributed by atoms with Crippen LogP contribution in [0, 0.1) is 0 Å². The van der Waals surface area contributed by atoms with Gasteiger partial charge in [0.05, 0.1) is 11.9 Å². The molecular weight excluding hydrogens is 226 g/mol. The van der Waals surface area contributed by atoms with Gasteiger partial charge in [-0.3, -0.25) is 5.10 Å². The normalized spacial score (nSPS) is 22.8. The Morgan fingerprint density at radius 3 is 2.94 bits per heavy atom. The third kappa shape index (κ3) is 2.12. The van der Waals surface area contributed by atoms with Gasteiger partial charge in [-0.2, -0.15) is 5.10 Å². The molecule has 1 aliphatic heterocycles. The second kappa shape index (κ2) is 4.18. The highest BCUT2D eigenvalue weighted by Crippen LogP contribution is 2.29. The summed E-state index contributed by atoms with van der Waals surface area (Å²) in [5, 5.41) is 6.70. The lowest BCUT2D eigenvalue weighted by molar-refractivity contribution is 0.353. The number of rotatable bonds is 3. The summed E-state index contributed by atoms with van der Waals surface area (Å²) in [7, 11) is -3.16. The standard InChI is InChI=1S/C10H17N3O2S/c1-3-13-5-4-8(7-13)10-9(6-11-12-10)16(2,14)15/h6,8H,3-5,7H2,1-2H3,(H,11,12)/t8-/m0/s1. The largest absolute Gasteiger partial charge is 0.303 e. The highest BCUT2D eigenvalue weighted by molar-refractivity contribution is 7.90. The number of H-pyrrole nitrogens is 1. The zero-order chi connectivity index (χ0) is 11.8. The molecule has 1 fully saturated rings. The molecule has 1 N–H and O–H groups in total. The van der Waals surface area contributed by atoms with Crippen molar-refractivity contribution < 1.29 is 8.42 Å². The summed E-state index contributed by atoms with van der Waals surface area (Å²) in [6.45, 7) is 5.08. The number of hydrogen-bond acceptors (Lipinski definition) is 4. The Morgan fingerprint density at radius 2 is 2.38 bits per heavy atom. The van der Waals surface area contributed by atoms with Crippen LogP contribution in [-0.2, 0) is 9.84 Å². The van der Waals surface area contributed by atoms with Crippen molar-refractivity contribution >= 4 is 9.84 Å². The summed E-state index contributed by atoms with van der Waals surface area (Å²) in [6, 6.07) is 0. The Kier molecular flexibility index (Phi) is 3.03. The van der Waals surface area contributed by atoms with Crippen LogP contribution in [0.25, 0.3) is 0 Å². The number of likely N-dealkylation sites (tertiary alicyclic amines) is 1. The second-order valence-electron chi connectivity index (χ2n) is 4.30. The van der Waals surface area contributed by atoms with E-state index in [0.29, 0.717) is 4.90 Å². The van der Waals surface area contributed by atoms with E-state index in [0.717, 1.165) is 31.7 Å². The van der Waals surface area contributed by atoms with Crippen molar-refractivity contribution in [2.45, 2.75) is 24.2 Å². The topological polar surface area (TPSA) is 66.1 Å². The molecule has 6 heteroatoms. The number of sulfone groups is 1. The molecule has 0 bridgehead atoms. The highest BCUT2D eigenvalue weighted by atomic mass is 32.2. The number of aromatic amines is 1. The predicted molar refractivity (Wildman–Crippen MR) is 61.2 cm³/mol. The molecule has 2 heterocycles. The third-order valence-corrected chi connectivity index (χ3v) is 4.28. The van der Waals surface area contributed by atoms with Gasteiger partial charge in [-0.25, -0.2) is 8.42 Å². The minimum atomic E-state index is -3.16. The lowest BCUT2D eigenvalue weighted by atomic mass is 10.1. The van der Waals surface area contributed by atoms with Crippen LogP contribution in [0.5, 0.6) is 0 Å². The first-order valence-corrected chi connectivity index (χ1v) is 7.37. The maximum atomic E-state index is 11.5. The van der Waals surface area contributed by atoms with E-state index in [9.17, 15) is 8.42 Å². The van der Waals surface area contributed by atoms with Gasteiger partial charge in [0.25, 0.3) is 0 Å². The minimum absolute atomic E-state index is 0.271. The van der Waals surface area contributed by atoms with E-state index in [1.807, 2.05) is 0 Å². The summed E-state index contributed by atoms with van der Waals surface area (Å²) in [4.78, 5) is 2.67. The van der Waals surface area contributed by atoms with Gasteiger partial charge in [-0.1, -0.05) is 6.92 Å². The lowest BCUT2D eigenvalue weighted by Crippen LogP contribution is -2.19. The average Bonchev–Trinajstić information content (AvgIpc) is 2.84. The molecule has 1 atom stereocenters. The monoisotopic (exact) mass is 243 g/mol. The Bertz CT molecular complexity index is 466. The van der Waals surface area contributed by atoms with Crippen molar-refractivity contribution in [3.05, 3.63) is 11.9 Å². The van der Waals surface area contributed by atoms with Crippen molar-refractivity contribution in [1.29, 1.82) is 0 Å². The molecule has 1 aliphatic rings. The fourth-order valence-corrected chi connectivity index (χ4v) is 3.08. The molecule has 1 aromatic rings. The van der Waals surface area contributed by atoms with Crippen molar-refractivity contribution in [3.8, 4) is 0 Å². The van der Waals surface area contributed by atoms with Gasteiger partial charge in [-0.15, -0.1) is 0 Å². The molecule has 16 heavy (non-hydrogen) atoms. The Morgan fingerprint density at radius 1 is 1.62 bits per heavy atom. The molecule has 2 rings (SSSR count).